The van der Waals surface area contributed by atoms with Gasteiger partial charge in [0.2, 0.25) is 0 Å². The maximum Gasteiger partial charge on any atom is 0.157 e. The molecular weight excluding hydrogens is 200 g/mol. The van der Waals surface area contributed by atoms with Crippen LogP contribution in [-0.4, -0.2) is 19.7 Å². The first-order valence-corrected chi connectivity index (χ1v) is 5.59. The highest BCUT2D eigenvalue weighted by molar-refractivity contribution is 5.29. The minimum Gasteiger partial charge on any atom is -0.241 e. The van der Waals surface area contributed by atoms with Crippen molar-refractivity contribution in [1.82, 2.24) is 19.7 Å². The van der Waals surface area contributed by atoms with Gasteiger partial charge in [-0.3, -0.25) is 0 Å². The summed E-state index contributed by atoms with van der Waals surface area (Å²) in [5.41, 5.74) is 3.28. The van der Waals surface area contributed by atoms with E-state index in [2.05, 4.69) is 27.2 Å². The number of aromatic nitrogens is 4. The second kappa shape index (κ2) is 3.40. The van der Waals surface area contributed by atoms with Crippen molar-refractivity contribution in [1.29, 1.82) is 0 Å². The van der Waals surface area contributed by atoms with Gasteiger partial charge < -0.3 is 0 Å². The third-order valence-corrected chi connectivity index (χ3v) is 2.90. The molecule has 2 aromatic rings. The molecule has 0 bridgehead atoms. The zero-order valence-corrected chi connectivity index (χ0v) is 9.51. The van der Waals surface area contributed by atoms with E-state index in [0.717, 1.165) is 22.9 Å². The van der Waals surface area contributed by atoms with Crippen LogP contribution in [-0.2, 0) is 0 Å². The summed E-state index contributed by atoms with van der Waals surface area (Å²) >= 11 is 0. The van der Waals surface area contributed by atoms with Gasteiger partial charge in [-0.1, -0.05) is 0 Å². The van der Waals surface area contributed by atoms with Crippen molar-refractivity contribution in [2.75, 3.05) is 0 Å². The van der Waals surface area contributed by atoms with E-state index in [1.165, 1.54) is 12.8 Å². The Balaban J connectivity index is 2.05. The van der Waals surface area contributed by atoms with Crippen LogP contribution in [0.4, 0.5) is 0 Å². The molecule has 1 aliphatic rings. The molecule has 0 radical (unpaired) electrons. The van der Waals surface area contributed by atoms with Gasteiger partial charge in [0.1, 0.15) is 6.33 Å². The van der Waals surface area contributed by atoms with Crippen molar-refractivity contribution >= 4 is 0 Å². The average Bonchev–Trinajstić information content (AvgIpc) is 3.05. The summed E-state index contributed by atoms with van der Waals surface area (Å²) < 4.78 is 1.88. The summed E-state index contributed by atoms with van der Waals surface area (Å²) in [4.78, 5) is 8.59. The molecule has 2 aromatic heterocycles. The first kappa shape index (κ1) is 9.51. The van der Waals surface area contributed by atoms with Gasteiger partial charge >= 0.3 is 0 Å². The highest BCUT2D eigenvalue weighted by atomic mass is 15.3. The lowest BCUT2D eigenvalue weighted by molar-refractivity contribution is 0.792. The van der Waals surface area contributed by atoms with Gasteiger partial charge in [0.05, 0.1) is 5.69 Å². The van der Waals surface area contributed by atoms with Crippen LogP contribution in [0.3, 0.4) is 0 Å². The molecule has 1 saturated carbocycles. The molecule has 0 amide bonds. The lowest BCUT2D eigenvalue weighted by Gasteiger charge is -2.04. The van der Waals surface area contributed by atoms with Gasteiger partial charge in [-0.05, 0) is 32.8 Å². The molecule has 0 saturated heterocycles. The van der Waals surface area contributed by atoms with E-state index in [4.69, 9.17) is 0 Å². The van der Waals surface area contributed by atoms with Gasteiger partial charge in [0.15, 0.2) is 5.82 Å². The summed E-state index contributed by atoms with van der Waals surface area (Å²) in [5.74, 6) is 1.53. The fourth-order valence-corrected chi connectivity index (χ4v) is 1.94. The van der Waals surface area contributed by atoms with Crippen molar-refractivity contribution in [2.24, 2.45) is 0 Å². The van der Waals surface area contributed by atoms with Crippen molar-refractivity contribution in [2.45, 2.75) is 32.6 Å². The van der Waals surface area contributed by atoms with E-state index in [1.807, 2.05) is 18.5 Å². The Morgan fingerprint density at radius 1 is 1.19 bits per heavy atom. The van der Waals surface area contributed by atoms with Crippen LogP contribution in [0.2, 0.25) is 0 Å². The third-order valence-electron chi connectivity index (χ3n) is 2.90. The topological polar surface area (TPSA) is 43.6 Å². The fraction of sp³-hybridized carbons (Fsp3) is 0.417. The molecule has 3 rings (SSSR count). The summed E-state index contributed by atoms with van der Waals surface area (Å²) in [6, 6.07) is 4.11. The largest absolute Gasteiger partial charge is 0.241 e. The van der Waals surface area contributed by atoms with Crippen LogP contribution in [0.25, 0.3) is 5.82 Å². The summed E-state index contributed by atoms with van der Waals surface area (Å²) in [7, 11) is 0. The van der Waals surface area contributed by atoms with Crippen LogP contribution in [0, 0.1) is 13.8 Å². The second-order valence-electron chi connectivity index (χ2n) is 4.41. The molecule has 4 heteroatoms. The van der Waals surface area contributed by atoms with Crippen molar-refractivity contribution in [3.8, 4) is 5.82 Å². The Kier molecular flexibility index (Phi) is 2.02. The first-order chi connectivity index (χ1) is 7.74. The third kappa shape index (κ3) is 1.60. The first-order valence-electron chi connectivity index (χ1n) is 5.59. The predicted octanol–water partition coefficient (Wildman–Crippen LogP) is 2.16. The highest BCUT2D eigenvalue weighted by Gasteiger charge is 2.25. The molecule has 0 unspecified atom stereocenters. The Bertz CT molecular complexity index is 526. The second-order valence-corrected chi connectivity index (χ2v) is 4.41. The zero-order chi connectivity index (χ0) is 11.1. The zero-order valence-electron chi connectivity index (χ0n) is 9.51. The maximum atomic E-state index is 4.43. The van der Waals surface area contributed by atoms with Crippen LogP contribution in [0.5, 0.6) is 0 Å². The van der Waals surface area contributed by atoms with Gasteiger partial charge in [-0.25, -0.2) is 14.6 Å². The molecule has 0 aromatic carbocycles. The van der Waals surface area contributed by atoms with Gasteiger partial charge in [-0.2, -0.15) is 5.10 Å². The van der Waals surface area contributed by atoms with E-state index >= 15 is 0 Å². The Labute approximate surface area is 94.4 Å². The minimum atomic E-state index is 0.652. The van der Waals surface area contributed by atoms with Gasteiger partial charge in [0.25, 0.3) is 0 Å². The SMILES string of the molecule is Cc1cc(C)n(-c2cc(C3CC3)ncn2)n1. The van der Waals surface area contributed by atoms with Crippen molar-refractivity contribution in [3.05, 3.63) is 35.5 Å². The molecular formula is C12H14N4. The molecule has 0 aliphatic heterocycles. The van der Waals surface area contributed by atoms with Crippen LogP contribution in [0.1, 0.15) is 35.8 Å². The van der Waals surface area contributed by atoms with Crippen molar-refractivity contribution in [3.63, 3.8) is 0 Å². The smallest absolute Gasteiger partial charge is 0.157 e. The predicted molar refractivity (Wildman–Crippen MR) is 60.6 cm³/mol. The molecule has 16 heavy (non-hydrogen) atoms. The van der Waals surface area contributed by atoms with Crippen LogP contribution >= 0.6 is 0 Å². The normalized spacial score (nSPS) is 15.4. The van der Waals surface area contributed by atoms with Crippen LogP contribution in [0.15, 0.2) is 18.5 Å². The molecule has 0 N–H and O–H groups in total. The standard InChI is InChI=1S/C12H14N4/c1-8-5-9(2)16(15-8)12-6-11(10-3-4-10)13-7-14-12/h5-7,10H,3-4H2,1-2H3. The Morgan fingerprint density at radius 2 is 2.00 bits per heavy atom. The number of hydrogen-bond donors (Lipinski definition) is 0. The highest BCUT2D eigenvalue weighted by Crippen LogP contribution is 2.39. The Hall–Kier alpha value is -1.71. The monoisotopic (exact) mass is 214 g/mol. The van der Waals surface area contributed by atoms with Gasteiger partial charge in [-0.15, -0.1) is 0 Å². The molecule has 1 aliphatic carbocycles. The van der Waals surface area contributed by atoms with Crippen molar-refractivity contribution < 1.29 is 0 Å². The fourth-order valence-electron chi connectivity index (χ4n) is 1.94. The quantitative estimate of drug-likeness (QED) is 0.769. The molecule has 1 fully saturated rings. The van der Waals surface area contributed by atoms with E-state index in [1.54, 1.807) is 6.33 Å². The van der Waals surface area contributed by atoms with Crippen LogP contribution < -0.4 is 0 Å². The number of rotatable bonds is 2. The number of nitrogens with zero attached hydrogens (tertiary/aromatic N) is 4. The van der Waals surface area contributed by atoms with Gasteiger partial charge in [0, 0.05) is 23.4 Å². The molecule has 4 nitrogen and oxygen atoms in total. The van der Waals surface area contributed by atoms with E-state index in [0.29, 0.717) is 5.92 Å². The summed E-state index contributed by atoms with van der Waals surface area (Å²) in [6.45, 7) is 4.03. The van der Waals surface area contributed by atoms with E-state index in [-0.39, 0.29) is 0 Å². The molecule has 0 spiro atoms. The number of aryl methyl sites for hydroxylation is 2. The Morgan fingerprint density at radius 3 is 2.62 bits per heavy atom. The molecule has 0 atom stereocenters. The average molecular weight is 214 g/mol. The minimum absolute atomic E-state index is 0.652. The maximum absolute atomic E-state index is 4.43. The number of hydrogen-bond acceptors (Lipinski definition) is 3. The lowest BCUT2D eigenvalue weighted by atomic mass is 10.3. The molecule has 82 valence electrons. The summed E-state index contributed by atoms with van der Waals surface area (Å²) in [6.07, 6.45) is 4.15. The van der Waals surface area contributed by atoms with E-state index in [9.17, 15) is 0 Å². The molecule has 2 heterocycles. The van der Waals surface area contributed by atoms with E-state index < -0.39 is 0 Å². The summed E-state index contributed by atoms with van der Waals surface area (Å²) in [5, 5.41) is 4.43. The lowest BCUT2D eigenvalue weighted by Crippen LogP contribution is -2.03.